The van der Waals surface area contributed by atoms with Crippen molar-refractivity contribution in [3.8, 4) is 5.69 Å². The molecule has 3 rings (SSSR count). The van der Waals surface area contributed by atoms with E-state index in [2.05, 4.69) is 10.00 Å². The second kappa shape index (κ2) is 6.89. The first-order valence-electron chi connectivity index (χ1n) is 7.38. The Labute approximate surface area is 133 Å². The SMILES string of the molecule is COC(=O)[C@@H]1CN(Cc2ccn(-c3ccc(F)cc3)n2)CCO1. The molecule has 1 fully saturated rings. The van der Waals surface area contributed by atoms with Crippen LogP contribution in [0.4, 0.5) is 4.39 Å². The number of morpholine rings is 1. The van der Waals surface area contributed by atoms with Crippen LogP contribution in [0, 0.1) is 5.82 Å². The molecule has 0 amide bonds. The van der Waals surface area contributed by atoms with Gasteiger partial charge < -0.3 is 9.47 Å². The molecule has 1 aliphatic rings. The zero-order valence-corrected chi connectivity index (χ0v) is 12.8. The fourth-order valence-electron chi connectivity index (χ4n) is 2.53. The summed E-state index contributed by atoms with van der Waals surface area (Å²) in [4.78, 5) is 13.7. The maximum absolute atomic E-state index is 13.0. The fourth-order valence-corrected chi connectivity index (χ4v) is 2.53. The predicted octanol–water partition coefficient (Wildman–Crippen LogP) is 1.39. The van der Waals surface area contributed by atoms with Gasteiger partial charge in [-0.15, -0.1) is 0 Å². The van der Waals surface area contributed by atoms with Gasteiger partial charge in [-0.1, -0.05) is 0 Å². The maximum atomic E-state index is 13.0. The molecule has 0 spiro atoms. The Morgan fingerprint density at radius 1 is 1.39 bits per heavy atom. The van der Waals surface area contributed by atoms with Crippen LogP contribution in [-0.4, -0.2) is 53.6 Å². The number of carbonyl (C=O) groups is 1. The first-order chi connectivity index (χ1) is 11.2. The summed E-state index contributed by atoms with van der Waals surface area (Å²) in [6.45, 7) is 2.32. The van der Waals surface area contributed by atoms with Crippen LogP contribution >= 0.6 is 0 Å². The van der Waals surface area contributed by atoms with Crippen LogP contribution in [0.2, 0.25) is 0 Å². The minimum atomic E-state index is -0.548. The Bertz CT molecular complexity index is 671. The number of carbonyl (C=O) groups excluding carboxylic acids is 1. The van der Waals surface area contributed by atoms with E-state index >= 15 is 0 Å². The number of halogens is 1. The number of hydrogen-bond acceptors (Lipinski definition) is 5. The highest BCUT2D eigenvalue weighted by atomic mass is 19.1. The van der Waals surface area contributed by atoms with Gasteiger partial charge >= 0.3 is 5.97 Å². The molecule has 1 saturated heterocycles. The lowest BCUT2D eigenvalue weighted by Crippen LogP contribution is -2.46. The Balaban J connectivity index is 1.64. The van der Waals surface area contributed by atoms with E-state index in [1.54, 1.807) is 16.8 Å². The second-order valence-corrected chi connectivity index (χ2v) is 5.35. The summed E-state index contributed by atoms with van der Waals surface area (Å²) >= 11 is 0. The molecule has 1 aliphatic heterocycles. The quantitative estimate of drug-likeness (QED) is 0.797. The van der Waals surface area contributed by atoms with E-state index < -0.39 is 6.10 Å². The van der Waals surface area contributed by atoms with Crippen LogP contribution < -0.4 is 0 Å². The van der Waals surface area contributed by atoms with E-state index in [4.69, 9.17) is 9.47 Å². The molecule has 0 bridgehead atoms. The van der Waals surface area contributed by atoms with Gasteiger partial charge in [0.2, 0.25) is 0 Å². The third kappa shape index (κ3) is 3.75. The van der Waals surface area contributed by atoms with Gasteiger partial charge in [-0.25, -0.2) is 13.9 Å². The van der Waals surface area contributed by atoms with Crippen molar-refractivity contribution in [1.82, 2.24) is 14.7 Å². The van der Waals surface area contributed by atoms with Crippen molar-refractivity contribution >= 4 is 5.97 Å². The van der Waals surface area contributed by atoms with Gasteiger partial charge in [-0.2, -0.15) is 5.10 Å². The van der Waals surface area contributed by atoms with Gasteiger partial charge in [0.15, 0.2) is 6.10 Å². The Kier molecular flexibility index (Phi) is 4.68. The molecule has 0 radical (unpaired) electrons. The molecular weight excluding hydrogens is 301 g/mol. The number of ether oxygens (including phenoxy) is 2. The summed E-state index contributed by atoms with van der Waals surface area (Å²) in [5.74, 6) is -0.630. The van der Waals surface area contributed by atoms with E-state index in [-0.39, 0.29) is 11.8 Å². The van der Waals surface area contributed by atoms with Crippen LogP contribution in [0.25, 0.3) is 5.69 Å². The zero-order chi connectivity index (χ0) is 16.2. The number of aromatic nitrogens is 2. The highest BCUT2D eigenvalue weighted by Crippen LogP contribution is 2.13. The highest BCUT2D eigenvalue weighted by molar-refractivity contribution is 5.74. The van der Waals surface area contributed by atoms with Crippen LogP contribution in [0.15, 0.2) is 36.5 Å². The Hall–Kier alpha value is -2.25. The lowest BCUT2D eigenvalue weighted by Gasteiger charge is -2.30. The highest BCUT2D eigenvalue weighted by Gasteiger charge is 2.27. The Morgan fingerprint density at radius 2 is 2.17 bits per heavy atom. The Morgan fingerprint density at radius 3 is 2.91 bits per heavy atom. The van der Waals surface area contributed by atoms with Crippen LogP contribution in [0.5, 0.6) is 0 Å². The van der Waals surface area contributed by atoms with Gasteiger partial charge in [0, 0.05) is 25.8 Å². The van der Waals surface area contributed by atoms with E-state index in [0.29, 0.717) is 19.7 Å². The standard InChI is InChI=1S/C16H18FN3O3/c1-22-16(21)15-11-19(8-9-23-15)10-13-6-7-20(18-13)14-4-2-12(17)3-5-14/h2-7,15H,8-11H2,1H3/t15-/m0/s1. The second-order valence-electron chi connectivity index (χ2n) is 5.35. The zero-order valence-electron chi connectivity index (χ0n) is 12.8. The molecule has 1 aromatic carbocycles. The first-order valence-corrected chi connectivity index (χ1v) is 7.38. The van der Waals surface area contributed by atoms with E-state index in [9.17, 15) is 9.18 Å². The average molecular weight is 319 g/mol. The normalized spacial score (nSPS) is 18.8. The van der Waals surface area contributed by atoms with Crippen molar-refractivity contribution in [2.45, 2.75) is 12.6 Å². The number of benzene rings is 1. The van der Waals surface area contributed by atoms with Gasteiger partial charge in [0.25, 0.3) is 0 Å². The molecule has 2 heterocycles. The van der Waals surface area contributed by atoms with Crippen LogP contribution in [0.3, 0.4) is 0 Å². The molecule has 2 aromatic rings. The number of rotatable bonds is 4. The molecule has 0 aliphatic carbocycles. The van der Waals surface area contributed by atoms with Gasteiger partial charge in [-0.05, 0) is 30.3 Å². The number of esters is 1. The maximum Gasteiger partial charge on any atom is 0.336 e. The molecule has 1 atom stereocenters. The molecule has 1 aromatic heterocycles. The number of methoxy groups -OCH3 is 1. The molecular formula is C16H18FN3O3. The summed E-state index contributed by atoms with van der Waals surface area (Å²) in [5.41, 5.74) is 1.67. The van der Waals surface area contributed by atoms with Crippen molar-refractivity contribution in [1.29, 1.82) is 0 Å². The third-order valence-corrected chi connectivity index (χ3v) is 3.74. The molecule has 23 heavy (non-hydrogen) atoms. The van der Waals surface area contributed by atoms with E-state index in [1.165, 1.54) is 19.2 Å². The average Bonchev–Trinajstić information content (AvgIpc) is 3.03. The molecule has 0 N–H and O–H groups in total. The van der Waals surface area contributed by atoms with Crippen molar-refractivity contribution in [2.24, 2.45) is 0 Å². The van der Waals surface area contributed by atoms with Crippen molar-refractivity contribution in [3.05, 3.63) is 48.0 Å². The summed E-state index contributed by atoms with van der Waals surface area (Å²) in [7, 11) is 1.36. The summed E-state index contributed by atoms with van der Waals surface area (Å²) in [6.07, 6.45) is 1.29. The third-order valence-electron chi connectivity index (χ3n) is 3.74. The van der Waals surface area contributed by atoms with Gasteiger partial charge in [0.05, 0.1) is 25.1 Å². The van der Waals surface area contributed by atoms with Crippen molar-refractivity contribution in [3.63, 3.8) is 0 Å². The largest absolute Gasteiger partial charge is 0.467 e. The monoisotopic (exact) mass is 319 g/mol. The lowest BCUT2D eigenvalue weighted by atomic mass is 10.2. The van der Waals surface area contributed by atoms with Gasteiger partial charge in [0.1, 0.15) is 5.82 Å². The van der Waals surface area contributed by atoms with Crippen molar-refractivity contribution < 1.29 is 18.7 Å². The lowest BCUT2D eigenvalue weighted by molar-refractivity contribution is -0.160. The summed E-state index contributed by atoms with van der Waals surface area (Å²) in [6, 6.07) is 8.06. The minimum absolute atomic E-state index is 0.275. The topological polar surface area (TPSA) is 56.6 Å². The van der Waals surface area contributed by atoms with Gasteiger partial charge in [-0.3, -0.25) is 4.90 Å². The summed E-state index contributed by atoms with van der Waals surface area (Å²) < 4.78 is 24.8. The number of hydrogen-bond donors (Lipinski definition) is 0. The van der Waals surface area contributed by atoms with E-state index in [1.807, 2.05) is 12.3 Å². The first kappa shape index (κ1) is 15.6. The van der Waals surface area contributed by atoms with E-state index in [0.717, 1.165) is 17.9 Å². The molecule has 7 heteroatoms. The summed E-state index contributed by atoms with van der Waals surface area (Å²) in [5, 5.41) is 4.49. The number of nitrogens with zero attached hydrogens (tertiary/aromatic N) is 3. The fraction of sp³-hybridized carbons (Fsp3) is 0.375. The predicted molar refractivity (Wildman–Crippen MR) is 80.6 cm³/mol. The smallest absolute Gasteiger partial charge is 0.336 e. The molecule has 0 saturated carbocycles. The van der Waals surface area contributed by atoms with Crippen LogP contribution in [0.1, 0.15) is 5.69 Å². The molecule has 0 unspecified atom stereocenters. The molecule has 6 nitrogen and oxygen atoms in total. The van der Waals surface area contributed by atoms with Crippen molar-refractivity contribution in [2.75, 3.05) is 26.8 Å². The molecule has 122 valence electrons. The van der Waals surface area contributed by atoms with Crippen LogP contribution in [-0.2, 0) is 20.8 Å². The minimum Gasteiger partial charge on any atom is -0.467 e.